The SMILES string of the molecule is Cc1nnsc1C1=NNC2SC(COc3ccc(Cl)cc3Cl)=NN12. The van der Waals surface area contributed by atoms with Crippen LogP contribution in [0.1, 0.15) is 10.6 Å². The van der Waals surface area contributed by atoms with Gasteiger partial charge >= 0.3 is 0 Å². The lowest BCUT2D eigenvalue weighted by molar-refractivity contribution is 0.374. The summed E-state index contributed by atoms with van der Waals surface area (Å²) in [6.45, 7) is 2.21. The van der Waals surface area contributed by atoms with Crippen LogP contribution >= 0.6 is 46.5 Å². The average Bonchev–Trinajstić information content (AvgIpc) is 3.22. The highest BCUT2D eigenvalue weighted by molar-refractivity contribution is 8.14. The van der Waals surface area contributed by atoms with Crippen LogP contribution in [0.25, 0.3) is 0 Å². The van der Waals surface area contributed by atoms with Gasteiger partial charge in [0.2, 0.25) is 0 Å². The van der Waals surface area contributed by atoms with Gasteiger partial charge in [-0.1, -0.05) is 39.5 Å². The molecule has 3 heterocycles. The number of halogens is 2. The summed E-state index contributed by atoms with van der Waals surface area (Å²) in [5.41, 5.74) is 3.80. The van der Waals surface area contributed by atoms with E-state index in [4.69, 9.17) is 27.9 Å². The Morgan fingerprint density at radius 2 is 2.25 bits per heavy atom. The van der Waals surface area contributed by atoms with Crippen molar-refractivity contribution in [2.45, 2.75) is 12.4 Å². The molecule has 0 bridgehead atoms. The van der Waals surface area contributed by atoms with Crippen molar-refractivity contribution in [1.29, 1.82) is 0 Å². The number of rotatable bonds is 4. The van der Waals surface area contributed by atoms with Crippen molar-refractivity contribution in [3.05, 3.63) is 38.8 Å². The van der Waals surface area contributed by atoms with Crippen LogP contribution < -0.4 is 10.2 Å². The summed E-state index contributed by atoms with van der Waals surface area (Å²) in [6.07, 6.45) is 0. The first-order valence-corrected chi connectivity index (χ1v) is 9.26. The van der Waals surface area contributed by atoms with Crippen LogP contribution in [0, 0.1) is 6.92 Å². The lowest BCUT2D eigenvalue weighted by Gasteiger charge is -2.12. The van der Waals surface area contributed by atoms with Crippen LogP contribution in [-0.2, 0) is 0 Å². The Morgan fingerprint density at radius 1 is 1.38 bits per heavy atom. The van der Waals surface area contributed by atoms with Crippen LogP contribution in [-0.4, -0.2) is 37.6 Å². The van der Waals surface area contributed by atoms with E-state index >= 15 is 0 Å². The van der Waals surface area contributed by atoms with E-state index in [-0.39, 0.29) is 5.50 Å². The second kappa shape index (κ2) is 6.40. The molecule has 0 saturated carbocycles. The monoisotopic (exact) mass is 400 g/mol. The molecule has 1 aromatic carbocycles. The number of thioether (sulfide) groups is 1. The van der Waals surface area contributed by atoms with E-state index in [9.17, 15) is 0 Å². The largest absolute Gasteiger partial charge is 0.485 e. The number of amidine groups is 1. The molecule has 1 unspecified atom stereocenters. The second-order valence-corrected chi connectivity index (χ2v) is 7.68. The minimum absolute atomic E-state index is 0.0826. The van der Waals surface area contributed by atoms with Crippen molar-refractivity contribution < 1.29 is 4.74 Å². The molecule has 0 aliphatic carbocycles. The zero-order valence-corrected chi connectivity index (χ0v) is 15.4. The Balaban J connectivity index is 1.47. The van der Waals surface area contributed by atoms with Gasteiger partial charge in [-0.15, -0.1) is 5.10 Å². The van der Waals surface area contributed by atoms with Gasteiger partial charge in [0.1, 0.15) is 22.3 Å². The second-order valence-electron chi connectivity index (χ2n) is 4.92. The zero-order chi connectivity index (χ0) is 16.7. The smallest absolute Gasteiger partial charge is 0.192 e. The van der Waals surface area contributed by atoms with E-state index in [1.165, 1.54) is 23.3 Å². The van der Waals surface area contributed by atoms with E-state index in [1.54, 1.807) is 18.2 Å². The fourth-order valence-corrected chi connectivity index (χ4v) is 4.14. The fraction of sp³-hybridized carbons (Fsp3) is 0.231. The van der Waals surface area contributed by atoms with Gasteiger partial charge in [0, 0.05) is 5.02 Å². The van der Waals surface area contributed by atoms with Crippen LogP contribution in [0.2, 0.25) is 10.0 Å². The van der Waals surface area contributed by atoms with Gasteiger partial charge in [0.15, 0.2) is 11.3 Å². The molecule has 0 spiro atoms. The number of nitrogens with one attached hydrogen (secondary N) is 1. The Labute approximate surface area is 155 Å². The van der Waals surface area contributed by atoms with E-state index in [0.29, 0.717) is 22.4 Å². The minimum atomic E-state index is -0.0826. The molecular weight excluding hydrogens is 391 g/mol. The highest BCUT2D eigenvalue weighted by Gasteiger charge is 2.37. The van der Waals surface area contributed by atoms with Gasteiger partial charge < -0.3 is 4.74 Å². The van der Waals surface area contributed by atoms with Crippen molar-refractivity contribution in [3.8, 4) is 5.75 Å². The molecule has 7 nitrogen and oxygen atoms in total. The summed E-state index contributed by atoms with van der Waals surface area (Å²) in [5, 5.41) is 16.6. The van der Waals surface area contributed by atoms with Gasteiger partial charge in [0.25, 0.3) is 0 Å². The van der Waals surface area contributed by atoms with E-state index in [1.807, 2.05) is 11.9 Å². The summed E-state index contributed by atoms with van der Waals surface area (Å²) >= 11 is 14.8. The van der Waals surface area contributed by atoms with E-state index in [0.717, 1.165) is 21.5 Å². The van der Waals surface area contributed by atoms with Crippen LogP contribution in [0.15, 0.2) is 28.4 Å². The molecule has 0 saturated heterocycles. The summed E-state index contributed by atoms with van der Waals surface area (Å²) in [4.78, 5) is 0.900. The van der Waals surface area contributed by atoms with Crippen molar-refractivity contribution >= 4 is 57.4 Å². The van der Waals surface area contributed by atoms with Gasteiger partial charge in [-0.3, -0.25) is 5.43 Å². The molecule has 2 aliphatic rings. The van der Waals surface area contributed by atoms with Gasteiger partial charge in [-0.05, 0) is 36.7 Å². The molecule has 1 aromatic heterocycles. The third-order valence-electron chi connectivity index (χ3n) is 3.29. The van der Waals surface area contributed by atoms with Crippen molar-refractivity contribution in [1.82, 2.24) is 20.0 Å². The maximum Gasteiger partial charge on any atom is 0.192 e. The molecule has 24 heavy (non-hydrogen) atoms. The average molecular weight is 401 g/mol. The lowest BCUT2D eigenvalue weighted by Crippen LogP contribution is -2.30. The van der Waals surface area contributed by atoms with E-state index in [2.05, 4.69) is 25.2 Å². The summed E-state index contributed by atoms with van der Waals surface area (Å²) in [7, 11) is 0. The predicted octanol–water partition coefficient (Wildman–Crippen LogP) is 3.14. The molecule has 0 fully saturated rings. The number of hydrogen-bond donors (Lipinski definition) is 1. The quantitative estimate of drug-likeness (QED) is 0.849. The molecule has 0 radical (unpaired) electrons. The Bertz CT molecular complexity index is 855. The molecule has 124 valence electrons. The van der Waals surface area contributed by atoms with Crippen molar-refractivity contribution in [2.75, 3.05) is 6.61 Å². The molecule has 11 heteroatoms. The van der Waals surface area contributed by atoms with Gasteiger partial charge in [-0.2, -0.15) is 10.2 Å². The number of nitrogens with zero attached hydrogens (tertiary/aromatic N) is 5. The van der Waals surface area contributed by atoms with Crippen molar-refractivity contribution in [3.63, 3.8) is 0 Å². The number of benzene rings is 1. The van der Waals surface area contributed by atoms with Gasteiger partial charge in [-0.25, -0.2) is 5.01 Å². The maximum absolute atomic E-state index is 6.11. The molecule has 2 aliphatic heterocycles. The predicted molar refractivity (Wildman–Crippen MR) is 96.9 cm³/mol. The number of aryl methyl sites for hydroxylation is 1. The van der Waals surface area contributed by atoms with Crippen LogP contribution in [0.3, 0.4) is 0 Å². The highest BCUT2D eigenvalue weighted by Crippen LogP contribution is 2.32. The van der Waals surface area contributed by atoms with Crippen LogP contribution in [0.4, 0.5) is 0 Å². The third kappa shape index (κ3) is 2.92. The number of ether oxygens (including phenoxy) is 1. The molecule has 1 atom stereocenters. The summed E-state index contributed by atoms with van der Waals surface area (Å²) in [5.74, 6) is 1.29. The first-order chi connectivity index (χ1) is 11.6. The number of aromatic nitrogens is 2. The van der Waals surface area contributed by atoms with Gasteiger partial charge in [0.05, 0.1) is 10.7 Å². The fourth-order valence-electron chi connectivity index (χ4n) is 2.17. The molecule has 1 N–H and O–H groups in total. The third-order valence-corrected chi connectivity index (χ3v) is 5.64. The van der Waals surface area contributed by atoms with Crippen LogP contribution in [0.5, 0.6) is 5.75 Å². The van der Waals surface area contributed by atoms with E-state index < -0.39 is 0 Å². The summed E-state index contributed by atoms with van der Waals surface area (Å²) in [6, 6.07) is 5.12. The highest BCUT2D eigenvalue weighted by atomic mass is 35.5. The molecular formula is C13H10Cl2N6OS2. The molecule has 0 amide bonds. The normalized spacial score (nSPS) is 19.0. The molecule has 2 aromatic rings. The zero-order valence-electron chi connectivity index (χ0n) is 12.2. The summed E-state index contributed by atoms with van der Waals surface area (Å²) < 4.78 is 9.68. The Kier molecular flexibility index (Phi) is 4.25. The first-order valence-electron chi connectivity index (χ1n) is 6.85. The Morgan fingerprint density at radius 3 is 3.00 bits per heavy atom. The number of fused-ring (bicyclic) bond motifs is 1. The lowest BCUT2D eigenvalue weighted by atomic mass is 10.3. The van der Waals surface area contributed by atoms with Crippen molar-refractivity contribution in [2.24, 2.45) is 10.2 Å². The number of hydrazone groups is 2. The topological polar surface area (TPSA) is 75.0 Å². The maximum atomic E-state index is 6.11. The standard InChI is InChI=1S/C13H10Cl2N6OS2/c1-6-11(24-20-16-6)12-17-18-13-21(12)19-10(23-13)5-22-9-3-2-7(14)4-8(9)15/h2-4,13,18H,5H2,1H3. The Hall–Kier alpha value is -1.55. The number of hydrogen-bond acceptors (Lipinski definition) is 9. The minimum Gasteiger partial charge on any atom is -0.485 e. The first kappa shape index (κ1) is 15.9. The molecule has 4 rings (SSSR count).